The van der Waals surface area contributed by atoms with Gasteiger partial charge in [-0.15, -0.1) is 0 Å². The Morgan fingerprint density at radius 3 is 2.75 bits per heavy atom. The number of Topliss-reactive ketones (excluding diaryl/α,β-unsaturated/α-hetero) is 1. The minimum absolute atomic E-state index is 0.0104. The first-order valence-corrected chi connectivity index (χ1v) is 6.00. The number of halogens is 2. The summed E-state index contributed by atoms with van der Waals surface area (Å²) in [5.41, 5.74) is 0. The van der Waals surface area contributed by atoms with Crippen LogP contribution in [0, 0.1) is 23.7 Å². The monoisotopic (exact) mass is 229 g/mol. The fourth-order valence-corrected chi connectivity index (χ4v) is 4.54. The van der Waals surface area contributed by atoms with Gasteiger partial charge in [0.25, 0.3) is 5.92 Å². The van der Waals surface area contributed by atoms with Gasteiger partial charge in [-0.05, 0) is 38.1 Å². The van der Waals surface area contributed by atoms with Crippen molar-refractivity contribution in [3.05, 3.63) is 0 Å². The fraction of sp³-hybridized carbons (Fsp3) is 0.917. The molecule has 1 aliphatic heterocycles. The maximum Gasteiger partial charge on any atom is 0.251 e. The lowest BCUT2D eigenvalue weighted by molar-refractivity contribution is -0.123. The van der Waals surface area contributed by atoms with Crippen molar-refractivity contribution < 1.29 is 13.6 Å². The number of likely N-dealkylation sites (N-methyl/N-ethyl adjacent to an activating group) is 1. The predicted octanol–water partition coefficient (Wildman–Crippen LogP) is 1.80. The van der Waals surface area contributed by atoms with E-state index < -0.39 is 11.8 Å². The number of hydrogen-bond donors (Lipinski definition) is 0. The molecule has 0 aromatic heterocycles. The lowest BCUT2D eigenvalue weighted by Gasteiger charge is -2.32. The highest BCUT2D eigenvalue weighted by molar-refractivity contribution is 5.82. The molecule has 2 bridgehead atoms. The van der Waals surface area contributed by atoms with Crippen molar-refractivity contribution in [3.8, 4) is 0 Å². The molecule has 0 aromatic rings. The molecular formula is C12H17F2NO. The van der Waals surface area contributed by atoms with Crippen LogP contribution in [-0.4, -0.2) is 36.2 Å². The van der Waals surface area contributed by atoms with Crippen LogP contribution in [-0.2, 0) is 4.79 Å². The Morgan fingerprint density at radius 1 is 1.44 bits per heavy atom. The highest BCUT2D eigenvalue weighted by atomic mass is 19.3. The second kappa shape index (κ2) is 3.03. The van der Waals surface area contributed by atoms with Gasteiger partial charge in [0.1, 0.15) is 5.78 Å². The normalized spacial score (nSPS) is 49.6. The van der Waals surface area contributed by atoms with Crippen molar-refractivity contribution in [3.63, 3.8) is 0 Å². The number of alkyl halides is 2. The average Bonchev–Trinajstić information content (AvgIpc) is 2.70. The van der Waals surface area contributed by atoms with Gasteiger partial charge in [-0.2, -0.15) is 0 Å². The third-order valence-corrected chi connectivity index (χ3v) is 4.94. The van der Waals surface area contributed by atoms with Crippen molar-refractivity contribution in [2.45, 2.75) is 31.7 Å². The third-order valence-electron chi connectivity index (χ3n) is 4.94. The largest absolute Gasteiger partial charge is 0.298 e. The summed E-state index contributed by atoms with van der Waals surface area (Å²) in [7, 11) is 1.89. The number of carbonyl (C=O) groups excluding carboxylic acids is 1. The quantitative estimate of drug-likeness (QED) is 0.683. The summed E-state index contributed by atoms with van der Waals surface area (Å²) in [6, 6.07) is -0.101. The molecule has 0 aromatic carbocycles. The molecule has 5 atom stereocenters. The Balaban J connectivity index is 1.92. The zero-order valence-electron chi connectivity index (χ0n) is 9.62. The Morgan fingerprint density at radius 2 is 2.12 bits per heavy atom. The molecule has 3 rings (SSSR count). The minimum atomic E-state index is -2.47. The molecule has 2 saturated carbocycles. The van der Waals surface area contributed by atoms with Crippen molar-refractivity contribution in [2.24, 2.45) is 23.7 Å². The molecule has 4 heteroatoms. The number of likely N-dealkylation sites (tertiary alicyclic amines) is 1. The maximum absolute atomic E-state index is 13.6. The SMILES string of the molecule is CC(=O)[C@@H]1[C@H]2[C@@H]3C[C@H]([C@H]2CN1C)C(F)(F)C3. The molecule has 2 nitrogen and oxygen atoms in total. The van der Waals surface area contributed by atoms with E-state index in [1.54, 1.807) is 6.92 Å². The van der Waals surface area contributed by atoms with Crippen molar-refractivity contribution in [2.75, 3.05) is 13.6 Å². The van der Waals surface area contributed by atoms with Gasteiger partial charge in [-0.3, -0.25) is 9.69 Å². The number of carbonyl (C=O) groups is 1. The summed E-state index contributed by atoms with van der Waals surface area (Å²) in [4.78, 5) is 13.6. The number of rotatable bonds is 1. The summed E-state index contributed by atoms with van der Waals surface area (Å²) in [6.45, 7) is 2.26. The Bertz CT molecular complexity index is 344. The van der Waals surface area contributed by atoms with E-state index in [-0.39, 0.29) is 36.0 Å². The predicted molar refractivity (Wildman–Crippen MR) is 55.2 cm³/mol. The molecule has 90 valence electrons. The van der Waals surface area contributed by atoms with E-state index >= 15 is 0 Å². The van der Waals surface area contributed by atoms with Gasteiger partial charge < -0.3 is 0 Å². The first-order valence-electron chi connectivity index (χ1n) is 6.00. The smallest absolute Gasteiger partial charge is 0.251 e. The molecule has 2 aliphatic carbocycles. The highest BCUT2D eigenvalue weighted by Gasteiger charge is 2.66. The Labute approximate surface area is 94.0 Å². The van der Waals surface area contributed by atoms with Crippen LogP contribution in [0.15, 0.2) is 0 Å². The number of hydrogen-bond acceptors (Lipinski definition) is 2. The van der Waals surface area contributed by atoms with Crippen LogP contribution in [0.2, 0.25) is 0 Å². The molecule has 1 saturated heterocycles. The molecule has 0 radical (unpaired) electrons. The molecule has 3 fully saturated rings. The van der Waals surface area contributed by atoms with Crippen LogP contribution in [0.25, 0.3) is 0 Å². The Kier molecular flexibility index (Phi) is 2.01. The van der Waals surface area contributed by atoms with Gasteiger partial charge >= 0.3 is 0 Å². The topological polar surface area (TPSA) is 20.3 Å². The lowest BCUT2D eigenvalue weighted by Crippen LogP contribution is -2.40. The van der Waals surface area contributed by atoms with Crippen molar-refractivity contribution in [1.82, 2.24) is 4.90 Å². The van der Waals surface area contributed by atoms with Crippen LogP contribution in [0.3, 0.4) is 0 Å². The first kappa shape index (κ1) is 10.6. The van der Waals surface area contributed by atoms with Crippen molar-refractivity contribution in [1.29, 1.82) is 0 Å². The summed E-state index contributed by atoms with van der Waals surface area (Å²) in [5.74, 6) is -2.47. The third kappa shape index (κ3) is 1.17. The van der Waals surface area contributed by atoms with Crippen LogP contribution in [0.1, 0.15) is 19.8 Å². The summed E-state index contributed by atoms with van der Waals surface area (Å²) >= 11 is 0. The van der Waals surface area contributed by atoms with Crippen LogP contribution in [0.4, 0.5) is 8.78 Å². The second-order valence-electron chi connectivity index (χ2n) is 5.80. The van der Waals surface area contributed by atoms with E-state index in [4.69, 9.17) is 0 Å². The minimum Gasteiger partial charge on any atom is -0.298 e. The van der Waals surface area contributed by atoms with Gasteiger partial charge in [-0.1, -0.05) is 0 Å². The van der Waals surface area contributed by atoms with Gasteiger partial charge in [-0.25, -0.2) is 8.78 Å². The molecule has 0 unspecified atom stereocenters. The number of nitrogens with zero attached hydrogens (tertiary/aromatic N) is 1. The van der Waals surface area contributed by atoms with E-state index in [9.17, 15) is 13.6 Å². The number of fused-ring (bicyclic) bond motifs is 5. The second-order valence-corrected chi connectivity index (χ2v) is 5.80. The van der Waals surface area contributed by atoms with Crippen LogP contribution < -0.4 is 0 Å². The van der Waals surface area contributed by atoms with E-state index in [2.05, 4.69) is 0 Å². The van der Waals surface area contributed by atoms with Gasteiger partial charge in [0.05, 0.1) is 6.04 Å². The molecular weight excluding hydrogens is 212 g/mol. The number of ketones is 1. The zero-order valence-corrected chi connectivity index (χ0v) is 9.62. The maximum atomic E-state index is 13.6. The molecule has 0 spiro atoms. The van der Waals surface area contributed by atoms with Crippen LogP contribution >= 0.6 is 0 Å². The van der Waals surface area contributed by atoms with Gasteiger partial charge in [0.2, 0.25) is 0 Å². The summed E-state index contributed by atoms with van der Waals surface area (Å²) in [5, 5.41) is 0. The standard InChI is InChI=1S/C12H17F2NO/c1-6(16)11-10-7-3-9(12(13,14)4-7)8(10)5-15(11)2/h7-11H,3-5H2,1-2H3/t7-,8-,9-,10+,11-/m1/s1. The summed E-state index contributed by atoms with van der Waals surface area (Å²) < 4.78 is 27.3. The van der Waals surface area contributed by atoms with E-state index in [0.29, 0.717) is 13.0 Å². The van der Waals surface area contributed by atoms with E-state index in [1.165, 1.54) is 0 Å². The molecule has 16 heavy (non-hydrogen) atoms. The van der Waals surface area contributed by atoms with Gasteiger partial charge in [0, 0.05) is 18.9 Å². The molecule has 3 aliphatic rings. The van der Waals surface area contributed by atoms with E-state index in [0.717, 1.165) is 0 Å². The molecule has 1 heterocycles. The van der Waals surface area contributed by atoms with Gasteiger partial charge in [0.15, 0.2) is 0 Å². The van der Waals surface area contributed by atoms with Crippen LogP contribution in [0.5, 0.6) is 0 Å². The first-order chi connectivity index (χ1) is 7.42. The fourth-order valence-electron chi connectivity index (χ4n) is 4.54. The van der Waals surface area contributed by atoms with Crippen molar-refractivity contribution >= 4 is 5.78 Å². The lowest BCUT2D eigenvalue weighted by atomic mass is 9.76. The highest BCUT2D eigenvalue weighted by Crippen LogP contribution is 2.62. The molecule has 0 N–H and O–H groups in total. The molecule has 0 amide bonds. The van der Waals surface area contributed by atoms with E-state index in [1.807, 2.05) is 11.9 Å². The Hall–Kier alpha value is -0.510. The zero-order chi connectivity index (χ0) is 11.7. The average molecular weight is 229 g/mol. The summed E-state index contributed by atoms with van der Waals surface area (Å²) in [6.07, 6.45) is 0.649.